The van der Waals surface area contributed by atoms with Gasteiger partial charge in [-0.25, -0.2) is 4.79 Å². The quantitative estimate of drug-likeness (QED) is 0.454. The maximum atomic E-state index is 12.3. The fourth-order valence-corrected chi connectivity index (χ4v) is 2.88. The normalized spacial score (nSPS) is 19.7. The average Bonchev–Trinajstić information content (AvgIpc) is 2.53. The number of carbonyl (C=O) groups is 2. The van der Waals surface area contributed by atoms with Gasteiger partial charge < -0.3 is 20.4 Å². The lowest BCUT2D eigenvalue weighted by atomic mass is 9.99. The number of nitrogens with one attached hydrogen (secondary N) is 1. The number of amides is 1. The molecule has 24 heavy (non-hydrogen) atoms. The highest BCUT2D eigenvalue weighted by molar-refractivity contribution is 5.99. The number of aliphatic hydroxyl groups excluding tert-OH is 1. The summed E-state index contributed by atoms with van der Waals surface area (Å²) in [7, 11) is 0. The maximum Gasteiger partial charge on any atom is 0.326 e. The Bertz CT molecular complexity index is 508. The summed E-state index contributed by atoms with van der Waals surface area (Å²) in [5.41, 5.74) is -0.102. The van der Waals surface area contributed by atoms with Crippen molar-refractivity contribution < 1.29 is 19.8 Å². The number of carboxylic acid groups (broad SMARTS) is 1. The van der Waals surface area contributed by atoms with Crippen molar-refractivity contribution in [1.82, 2.24) is 10.2 Å². The first-order valence-electron chi connectivity index (χ1n) is 8.41. The highest BCUT2D eigenvalue weighted by atomic mass is 16.4. The smallest absolute Gasteiger partial charge is 0.326 e. The second-order valence-electron chi connectivity index (χ2n) is 6.55. The Balaban J connectivity index is 2.84. The lowest BCUT2D eigenvalue weighted by Crippen LogP contribution is -2.43. The van der Waals surface area contributed by atoms with Crippen molar-refractivity contribution in [2.24, 2.45) is 5.92 Å². The van der Waals surface area contributed by atoms with E-state index in [1.54, 1.807) is 0 Å². The number of aliphatic hydroxyl groups is 1. The Hall–Kier alpha value is -2.07. The molecule has 1 rings (SSSR count). The minimum atomic E-state index is -1.11. The molecule has 1 aliphatic rings. The summed E-state index contributed by atoms with van der Waals surface area (Å²) in [5.74, 6) is -1.67. The molecular formula is C17H27N3O4. The number of nitrogens with zero attached hydrogens (tertiary/aromatic N) is 2. The fourth-order valence-electron chi connectivity index (χ4n) is 2.88. The van der Waals surface area contributed by atoms with Crippen molar-refractivity contribution in [3.8, 4) is 6.07 Å². The van der Waals surface area contributed by atoms with Crippen LogP contribution in [0.1, 0.15) is 46.0 Å². The van der Waals surface area contributed by atoms with Crippen molar-refractivity contribution >= 4 is 11.9 Å². The van der Waals surface area contributed by atoms with E-state index in [0.29, 0.717) is 12.8 Å². The van der Waals surface area contributed by atoms with Gasteiger partial charge in [-0.15, -0.1) is 0 Å². The molecule has 2 atom stereocenters. The lowest BCUT2D eigenvalue weighted by Gasteiger charge is -2.34. The monoisotopic (exact) mass is 337 g/mol. The minimum absolute atomic E-state index is 0.0541. The predicted octanol–water partition coefficient (Wildman–Crippen LogP) is 1.25. The number of hydrogen-bond donors (Lipinski definition) is 3. The van der Waals surface area contributed by atoms with Crippen LogP contribution in [-0.4, -0.2) is 52.2 Å². The summed E-state index contributed by atoms with van der Waals surface area (Å²) >= 11 is 0. The molecule has 0 aliphatic carbocycles. The standard InChI is InChI=1S/C17H27N3O4/c1-12(2)9-15(17(23)24)19-16(22)13(10-18)11-20-7-4-3-5-14(20)6-8-21/h11-12,14-15,21H,3-9H2,1-2H3,(H,19,22)(H,23,24)/b13-11-. The molecule has 3 N–H and O–H groups in total. The van der Waals surface area contributed by atoms with Gasteiger partial charge in [0.1, 0.15) is 17.7 Å². The van der Waals surface area contributed by atoms with Gasteiger partial charge in [0.25, 0.3) is 5.91 Å². The summed E-state index contributed by atoms with van der Waals surface area (Å²) in [4.78, 5) is 25.4. The van der Waals surface area contributed by atoms with Crippen molar-refractivity contribution in [3.63, 3.8) is 0 Å². The second kappa shape index (κ2) is 9.93. The third kappa shape index (κ3) is 6.20. The summed E-state index contributed by atoms with van der Waals surface area (Å²) in [6.45, 7) is 4.52. The molecule has 0 spiro atoms. The molecule has 7 heteroatoms. The van der Waals surface area contributed by atoms with E-state index in [9.17, 15) is 20.0 Å². The van der Waals surface area contributed by atoms with Gasteiger partial charge in [0, 0.05) is 25.4 Å². The van der Waals surface area contributed by atoms with Gasteiger partial charge in [-0.3, -0.25) is 4.79 Å². The molecule has 1 heterocycles. The molecule has 1 fully saturated rings. The van der Waals surface area contributed by atoms with Gasteiger partial charge in [0.05, 0.1) is 0 Å². The molecule has 0 saturated carbocycles. The van der Waals surface area contributed by atoms with E-state index < -0.39 is 17.9 Å². The molecule has 7 nitrogen and oxygen atoms in total. The summed E-state index contributed by atoms with van der Waals surface area (Å²) in [5, 5.41) is 30.1. The third-order valence-electron chi connectivity index (χ3n) is 4.11. The van der Waals surface area contributed by atoms with Gasteiger partial charge in [-0.2, -0.15) is 5.26 Å². The Labute approximate surface area is 142 Å². The topological polar surface area (TPSA) is 114 Å². The molecule has 0 aromatic carbocycles. The van der Waals surface area contributed by atoms with E-state index in [1.165, 1.54) is 6.20 Å². The predicted molar refractivity (Wildman–Crippen MR) is 88.8 cm³/mol. The largest absolute Gasteiger partial charge is 0.480 e. The number of piperidine rings is 1. The van der Waals surface area contributed by atoms with E-state index in [0.717, 1.165) is 25.8 Å². The molecular weight excluding hydrogens is 310 g/mol. The lowest BCUT2D eigenvalue weighted by molar-refractivity contribution is -0.141. The molecule has 0 aromatic rings. The van der Waals surface area contributed by atoms with Crippen LogP contribution < -0.4 is 5.32 Å². The van der Waals surface area contributed by atoms with Gasteiger partial charge in [0.2, 0.25) is 0 Å². The van der Waals surface area contributed by atoms with Crippen molar-refractivity contribution in [2.45, 2.75) is 58.0 Å². The number of aliphatic carboxylic acids is 1. The first-order valence-corrected chi connectivity index (χ1v) is 8.41. The summed E-state index contributed by atoms with van der Waals surface area (Å²) in [6.07, 6.45) is 5.31. The van der Waals surface area contributed by atoms with Crippen molar-refractivity contribution in [3.05, 3.63) is 11.8 Å². The minimum Gasteiger partial charge on any atom is -0.480 e. The van der Waals surface area contributed by atoms with Gasteiger partial charge >= 0.3 is 5.97 Å². The van der Waals surface area contributed by atoms with Crippen LogP contribution in [0.5, 0.6) is 0 Å². The van der Waals surface area contributed by atoms with E-state index >= 15 is 0 Å². The number of carboxylic acids is 1. The van der Waals surface area contributed by atoms with Gasteiger partial charge in [0.15, 0.2) is 0 Å². The Kier molecular flexibility index (Phi) is 8.27. The number of likely N-dealkylation sites (tertiary alicyclic amines) is 1. The zero-order valence-corrected chi connectivity index (χ0v) is 14.4. The van der Waals surface area contributed by atoms with Crippen LogP contribution in [0.25, 0.3) is 0 Å². The molecule has 2 unspecified atom stereocenters. The van der Waals surface area contributed by atoms with E-state index in [-0.39, 0.29) is 24.1 Å². The first kappa shape index (κ1) is 20.0. The molecule has 1 saturated heterocycles. The highest BCUT2D eigenvalue weighted by Crippen LogP contribution is 2.20. The highest BCUT2D eigenvalue weighted by Gasteiger charge is 2.25. The van der Waals surface area contributed by atoms with E-state index in [4.69, 9.17) is 5.11 Å². The number of carbonyl (C=O) groups excluding carboxylic acids is 1. The van der Waals surface area contributed by atoms with Crippen LogP contribution in [0.3, 0.4) is 0 Å². The average molecular weight is 337 g/mol. The number of nitriles is 1. The zero-order valence-electron chi connectivity index (χ0n) is 14.4. The van der Waals surface area contributed by atoms with Crippen LogP contribution in [-0.2, 0) is 9.59 Å². The van der Waals surface area contributed by atoms with Crippen LogP contribution in [0, 0.1) is 17.2 Å². The molecule has 1 amide bonds. The molecule has 134 valence electrons. The fraction of sp³-hybridized carbons (Fsp3) is 0.706. The van der Waals surface area contributed by atoms with Crippen LogP contribution in [0.4, 0.5) is 0 Å². The Morgan fingerprint density at radius 2 is 2.12 bits per heavy atom. The first-order chi connectivity index (χ1) is 11.4. The van der Waals surface area contributed by atoms with Crippen molar-refractivity contribution in [2.75, 3.05) is 13.2 Å². The molecule has 0 bridgehead atoms. The second-order valence-corrected chi connectivity index (χ2v) is 6.55. The Morgan fingerprint density at radius 3 is 2.67 bits per heavy atom. The van der Waals surface area contributed by atoms with E-state index in [2.05, 4.69) is 5.32 Å². The maximum absolute atomic E-state index is 12.3. The van der Waals surface area contributed by atoms with Crippen LogP contribution >= 0.6 is 0 Å². The molecule has 0 radical (unpaired) electrons. The van der Waals surface area contributed by atoms with Crippen LogP contribution in [0.2, 0.25) is 0 Å². The van der Waals surface area contributed by atoms with Crippen LogP contribution in [0.15, 0.2) is 11.8 Å². The van der Waals surface area contributed by atoms with Gasteiger partial charge in [-0.05, 0) is 38.0 Å². The molecule has 1 aliphatic heterocycles. The number of rotatable bonds is 8. The van der Waals surface area contributed by atoms with Gasteiger partial charge in [-0.1, -0.05) is 13.8 Å². The summed E-state index contributed by atoms with van der Waals surface area (Å²) < 4.78 is 0. The van der Waals surface area contributed by atoms with Crippen molar-refractivity contribution in [1.29, 1.82) is 5.26 Å². The zero-order chi connectivity index (χ0) is 18.1. The number of hydrogen-bond acceptors (Lipinski definition) is 5. The Morgan fingerprint density at radius 1 is 1.42 bits per heavy atom. The molecule has 0 aromatic heterocycles. The SMILES string of the molecule is CC(C)CC(NC(=O)/C(C#N)=C\N1CCCCC1CCO)C(=O)O. The third-order valence-corrected chi connectivity index (χ3v) is 4.11. The van der Waals surface area contributed by atoms with E-state index in [1.807, 2.05) is 24.8 Å². The summed E-state index contributed by atoms with van der Waals surface area (Å²) in [6, 6.07) is 0.954.